The maximum Gasteiger partial charge on any atom is 0.248 e. The summed E-state index contributed by atoms with van der Waals surface area (Å²) in [5.74, 6) is 1.21. The summed E-state index contributed by atoms with van der Waals surface area (Å²) in [5.41, 5.74) is 5.38. The van der Waals surface area contributed by atoms with Crippen LogP contribution in [0.15, 0.2) is 73.1 Å². The van der Waals surface area contributed by atoms with Crippen LogP contribution < -0.4 is 21.3 Å². The van der Waals surface area contributed by atoms with Crippen molar-refractivity contribution in [3.63, 3.8) is 0 Å². The quantitative estimate of drug-likeness (QED) is 0.148. The van der Waals surface area contributed by atoms with Gasteiger partial charge in [-0.25, -0.2) is 0 Å². The second-order valence-corrected chi connectivity index (χ2v) is 11.3. The number of rotatable bonds is 10. The Morgan fingerprint density at radius 3 is 2.80 bits per heavy atom. The Kier molecular flexibility index (Phi) is 8.49. The standard InChI is InChI=1S/C33H37N9O2/c1-4-7-29(44)39-24-10-11-26-21(14-24)12-13-35-30(26)25-9-6-5-8-22(25)16-37-33-41-32(36-17-23-15-34-19-28(23)43)40-31-27(20(2)3)18-38-42(31)33/h4-14,18,20,23,28,34,43H,15-17,19H2,1-3H3,(H,39,44)(H2,36,37,40,41)/b7-4+/t23-,28+/m1/s1. The molecule has 0 saturated carbocycles. The van der Waals surface area contributed by atoms with Crippen LogP contribution in [0, 0.1) is 5.92 Å². The van der Waals surface area contributed by atoms with Gasteiger partial charge >= 0.3 is 0 Å². The van der Waals surface area contributed by atoms with E-state index < -0.39 is 6.10 Å². The number of aromatic nitrogens is 5. The molecule has 1 saturated heterocycles. The van der Waals surface area contributed by atoms with Gasteiger partial charge in [-0.05, 0) is 48.1 Å². The average molecular weight is 592 g/mol. The lowest BCUT2D eigenvalue weighted by Gasteiger charge is -2.16. The lowest BCUT2D eigenvalue weighted by molar-refractivity contribution is -0.111. The van der Waals surface area contributed by atoms with Crippen molar-refractivity contribution >= 4 is 39.9 Å². The molecule has 11 nitrogen and oxygen atoms in total. The predicted octanol–water partition coefficient (Wildman–Crippen LogP) is 4.58. The Hall–Kier alpha value is -4.87. The number of β-amino-alcohol motifs (C(OH)–C–C–N with tert-alkyl or cyclic N) is 1. The van der Waals surface area contributed by atoms with Gasteiger partial charge in [0.25, 0.3) is 0 Å². The molecule has 11 heteroatoms. The molecule has 44 heavy (non-hydrogen) atoms. The normalized spacial score (nSPS) is 16.8. The van der Waals surface area contributed by atoms with E-state index in [1.807, 2.05) is 49.5 Å². The van der Waals surface area contributed by atoms with Crippen LogP contribution in [-0.2, 0) is 11.3 Å². The van der Waals surface area contributed by atoms with Gasteiger partial charge in [0.1, 0.15) is 0 Å². The third-order valence-electron chi connectivity index (χ3n) is 7.90. The molecule has 0 spiro atoms. The number of pyridine rings is 1. The molecule has 226 valence electrons. The Balaban J connectivity index is 1.29. The molecule has 6 rings (SSSR count). The summed E-state index contributed by atoms with van der Waals surface area (Å²) in [6.45, 7) is 8.42. The summed E-state index contributed by atoms with van der Waals surface area (Å²) in [6, 6.07) is 15.9. The number of aliphatic hydroxyl groups excluding tert-OH is 1. The monoisotopic (exact) mass is 591 g/mol. The summed E-state index contributed by atoms with van der Waals surface area (Å²) in [4.78, 5) is 26.4. The topological polar surface area (TPSA) is 141 Å². The zero-order chi connectivity index (χ0) is 30.6. The minimum absolute atomic E-state index is 0.0846. The zero-order valence-electron chi connectivity index (χ0n) is 25.1. The van der Waals surface area contributed by atoms with Gasteiger partial charge in [-0.3, -0.25) is 9.78 Å². The first kappa shape index (κ1) is 29.2. The highest BCUT2D eigenvalue weighted by atomic mass is 16.3. The van der Waals surface area contributed by atoms with E-state index in [-0.39, 0.29) is 17.7 Å². The molecular formula is C33H37N9O2. The Morgan fingerprint density at radius 2 is 2.00 bits per heavy atom. The fourth-order valence-corrected chi connectivity index (χ4v) is 5.53. The van der Waals surface area contributed by atoms with Crippen molar-refractivity contribution in [2.75, 3.05) is 35.6 Å². The summed E-state index contributed by atoms with van der Waals surface area (Å²) in [5, 5.41) is 29.8. The number of carbonyl (C=O) groups is 1. The van der Waals surface area contributed by atoms with Crippen molar-refractivity contribution in [1.82, 2.24) is 29.9 Å². The van der Waals surface area contributed by atoms with Gasteiger partial charge in [0.15, 0.2) is 5.65 Å². The van der Waals surface area contributed by atoms with E-state index in [9.17, 15) is 9.90 Å². The number of aliphatic hydroxyl groups is 1. The van der Waals surface area contributed by atoms with Crippen LogP contribution in [0.3, 0.4) is 0 Å². The van der Waals surface area contributed by atoms with Gasteiger partial charge in [-0.15, -0.1) is 0 Å². The second-order valence-electron chi connectivity index (χ2n) is 11.3. The predicted molar refractivity (Wildman–Crippen MR) is 174 cm³/mol. The van der Waals surface area contributed by atoms with Crippen molar-refractivity contribution in [1.29, 1.82) is 0 Å². The first-order valence-corrected chi connectivity index (χ1v) is 14.9. The number of anilines is 3. The fourth-order valence-electron chi connectivity index (χ4n) is 5.53. The van der Waals surface area contributed by atoms with Crippen LogP contribution in [0.2, 0.25) is 0 Å². The van der Waals surface area contributed by atoms with Gasteiger partial charge in [0.2, 0.25) is 17.8 Å². The van der Waals surface area contributed by atoms with Crippen LogP contribution in [-0.4, -0.2) is 61.3 Å². The largest absolute Gasteiger partial charge is 0.391 e. The number of hydrogen-bond donors (Lipinski definition) is 5. The molecule has 0 aliphatic carbocycles. The molecule has 0 unspecified atom stereocenters. The van der Waals surface area contributed by atoms with E-state index in [0.717, 1.165) is 51.0 Å². The van der Waals surface area contributed by atoms with Crippen LogP contribution in [0.1, 0.15) is 37.8 Å². The van der Waals surface area contributed by atoms with E-state index >= 15 is 0 Å². The number of nitrogens with one attached hydrogen (secondary N) is 4. The van der Waals surface area contributed by atoms with Crippen molar-refractivity contribution in [2.24, 2.45) is 5.92 Å². The number of hydrogen-bond acceptors (Lipinski definition) is 9. The Morgan fingerprint density at radius 1 is 1.14 bits per heavy atom. The maximum atomic E-state index is 12.1. The maximum absolute atomic E-state index is 12.1. The molecule has 4 heterocycles. The highest BCUT2D eigenvalue weighted by Gasteiger charge is 2.25. The van der Waals surface area contributed by atoms with Crippen LogP contribution in [0.25, 0.3) is 27.7 Å². The minimum Gasteiger partial charge on any atom is -0.391 e. The number of amides is 1. The SMILES string of the molecule is C/C=C/C(=O)Nc1ccc2c(-c3ccccc3CNc3nc(NC[C@H]4CNC[C@@H]4O)nc4c(C(C)C)cnn34)nccc2c1. The highest BCUT2D eigenvalue weighted by molar-refractivity contribution is 6.02. The summed E-state index contributed by atoms with van der Waals surface area (Å²) >= 11 is 0. The first-order chi connectivity index (χ1) is 21.4. The van der Waals surface area contributed by atoms with Crippen molar-refractivity contribution in [2.45, 2.75) is 39.3 Å². The molecule has 3 aromatic heterocycles. The molecule has 1 aliphatic rings. The Bertz CT molecular complexity index is 1830. The fraction of sp³-hybridized carbons (Fsp3) is 0.303. The second kappa shape index (κ2) is 12.8. The van der Waals surface area contributed by atoms with Gasteiger partial charge in [0, 0.05) is 60.5 Å². The average Bonchev–Trinajstić information content (AvgIpc) is 3.64. The Labute approximate surface area is 255 Å². The molecule has 1 aliphatic heterocycles. The molecule has 5 aromatic rings. The molecule has 2 atom stereocenters. The van der Waals surface area contributed by atoms with E-state index in [0.29, 0.717) is 31.5 Å². The lowest BCUT2D eigenvalue weighted by Crippen LogP contribution is -2.26. The van der Waals surface area contributed by atoms with E-state index in [1.54, 1.807) is 16.8 Å². The van der Waals surface area contributed by atoms with E-state index in [2.05, 4.69) is 52.3 Å². The van der Waals surface area contributed by atoms with Crippen molar-refractivity contribution in [3.05, 3.63) is 84.2 Å². The third-order valence-corrected chi connectivity index (χ3v) is 7.90. The van der Waals surface area contributed by atoms with Gasteiger partial charge in [-0.1, -0.05) is 50.3 Å². The summed E-state index contributed by atoms with van der Waals surface area (Å²) in [6.07, 6.45) is 6.45. The molecule has 0 bridgehead atoms. The van der Waals surface area contributed by atoms with Crippen LogP contribution in [0.4, 0.5) is 17.6 Å². The van der Waals surface area contributed by atoms with Crippen molar-refractivity contribution in [3.8, 4) is 11.3 Å². The summed E-state index contributed by atoms with van der Waals surface area (Å²) in [7, 11) is 0. The van der Waals surface area contributed by atoms with Crippen LogP contribution in [0.5, 0.6) is 0 Å². The molecule has 0 radical (unpaired) electrons. The van der Waals surface area contributed by atoms with Gasteiger partial charge < -0.3 is 26.4 Å². The molecule has 1 amide bonds. The smallest absolute Gasteiger partial charge is 0.248 e. The highest BCUT2D eigenvalue weighted by Crippen LogP contribution is 2.31. The molecular weight excluding hydrogens is 554 g/mol. The van der Waals surface area contributed by atoms with Gasteiger partial charge in [-0.2, -0.15) is 19.6 Å². The van der Waals surface area contributed by atoms with Crippen molar-refractivity contribution < 1.29 is 9.90 Å². The van der Waals surface area contributed by atoms with Gasteiger partial charge in [0.05, 0.1) is 18.0 Å². The minimum atomic E-state index is -0.396. The number of allylic oxidation sites excluding steroid dienone is 1. The van der Waals surface area contributed by atoms with Crippen LogP contribution >= 0.6 is 0 Å². The first-order valence-electron chi connectivity index (χ1n) is 14.9. The lowest BCUT2D eigenvalue weighted by atomic mass is 9.99. The molecule has 2 aromatic carbocycles. The zero-order valence-corrected chi connectivity index (χ0v) is 25.1. The molecule has 1 fully saturated rings. The number of fused-ring (bicyclic) bond motifs is 2. The van der Waals surface area contributed by atoms with E-state index in [1.165, 1.54) is 6.08 Å². The van der Waals surface area contributed by atoms with E-state index in [4.69, 9.17) is 15.0 Å². The number of benzene rings is 2. The number of carbonyl (C=O) groups excluding carboxylic acids is 1. The number of nitrogens with zero attached hydrogens (tertiary/aromatic N) is 5. The third kappa shape index (κ3) is 6.10. The molecule has 5 N–H and O–H groups in total. The summed E-state index contributed by atoms with van der Waals surface area (Å²) < 4.78 is 1.74.